The van der Waals surface area contributed by atoms with Crippen molar-refractivity contribution in [3.8, 4) is 11.4 Å². The van der Waals surface area contributed by atoms with Crippen molar-refractivity contribution in [2.24, 2.45) is 0 Å². The van der Waals surface area contributed by atoms with E-state index in [1.807, 2.05) is 0 Å². The Morgan fingerprint density at radius 2 is 2.12 bits per heavy atom. The number of H-pyrrole nitrogens is 1. The molecule has 6 nitrogen and oxygen atoms in total. The highest BCUT2D eigenvalue weighted by atomic mass is 32.2. The molecule has 4 aromatic rings. The van der Waals surface area contributed by atoms with Crippen LogP contribution in [0.4, 0.5) is 0 Å². The summed E-state index contributed by atoms with van der Waals surface area (Å²) in [5, 5.41) is 0.0442. The van der Waals surface area contributed by atoms with Gasteiger partial charge >= 0.3 is 0 Å². The maximum atomic E-state index is 13.0. The Morgan fingerprint density at radius 3 is 2.88 bits per heavy atom. The number of hydrogen-bond donors (Lipinski definition) is 1. The van der Waals surface area contributed by atoms with Crippen LogP contribution in [-0.2, 0) is 16.6 Å². The predicted molar refractivity (Wildman–Crippen MR) is 101 cm³/mol. The molecule has 132 valence electrons. The predicted octanol–water partition coefficient (Wildman–Crippen LogP) is 3.37. The normalized spacial score (nSPS) is 15.1. The zero-order chi connectivity index (χ0) is 22.4. The van der Waals surface area contributed by atoms with Crippen LogP contribution in [0.5, 0.6) is 5.75 Å². The van der Waals surface area contributed by atoms with Gasteiger partial charge in [0.2, 0.25) is 0 Å². The lowest BCUT2D eigenvalue weighted by atomic mass is 10.2. The SMILES string of the molecule is [2H]c1nc(CS(=O)c2nc3c([2H])c([2H])c(-n4cccc4)c([2H])c3[nH]2)c(C)c(OC)c1[2H]. The van der Waals surface area contributed by atoms with E-state index >= 15 is 0 Å². The molecule has 0 aliphatic rings. The number of aromatic amines is 1. The molecule has 3 aromatic heterocycles. The number of hydrogen-bond acceptors (Lipinski definition) is 4. The Bertz CT molecular complexity index is 1340. The zero-order valence-corrected chi connectivity index (χ0v) is 14.9. The number of pyridine rings is 1. The van der Waals surface area contributed by atoms with Gasteiger partial charge in [-0.05, 0) is 43.2 Å². The molecule has 0 aliphatic carbocycles. The van der Waals surface area contributed by atoms with Gasteiger partial charge in [-0.3, -0.25) is 9.19 Å². The Kier molecular flexibility index (Phi) is 3.03. The number of ether oxygens (including phenoxy) is 1. The van der Waals surface area contributed by atoms with Crippen LogP contribution in [0.25, 0.3) is 16.7 Å². The van der Waals surface area contributed by atoms with Crippen LogP contribution in [0.1, 0.15) is 18.1 Å². The molecule has 26 heavy (non-hydrogen) atoms. The van der Waals surface area contributed by atoms with Gasteiger partial charge in [0.25, 0.3) is 0 Å². The first-order chi connectivity index (χ1) is 14.7. The van der Waals surface area contributed by atoms with E-state index in [2.05, 4.69) is 15.0 Å². The summed E-state index contributed by atoms with van der Waals surface area (Å²) in [5.74, 6) is 0.112. The van der Waals surface area contributed by atoms with Gasteiger partial charge in [0.05, 0.1) is 47.2 Å². The van der Waals surface area contributed by atoms with Crippen molar-refractivity contribution in [1.82, 2.24) is 19.5 Å². The monoisotopic (exact) mass is 371 g/mol. The lowest BCUT2D eigenvalue weighted by molar-refractivity contribution is 0.410. The highest BCUT2D eigenvalue weighted by Gasteiger charge is 2.15. The smallest absolute Gasteiger partial charge is 0.197 e. The van der Waals surface area contributed by atoms with Crippen LogP contribution in [0.15, 0.2) is 60.0 Å². The number of methoxy groups -OCH3 is 1. The standard InChI is InChI=1S/C19H18N4O2S/c1-13-17(20-8-7-18(13)25-2)12-26(24)19-21-15-6-5-14(11-16(15)22-19)23-9-3-4-10-23/h3-11H,12H2,1-2H3,(H,21,22)/i5D,6D,7D,8D,11D. The second-order valence-electron chi connectivity index (χ2n) is 5.52. The Balaban J connectivity index is 1.78. The van der Waals surface area contributed by atoms with Crippen molar-refractivity contribution >= 4 is 21.8 Å². The largest absolute Gasteiger partial charge is 0.496 e. The van der Waals surface area contributed by atoms with Crippen LogP contribution in [-0.4, -0.2) is 30.8 Å². The van der Waals surface area contributed by atoms with Gasteiger partial charge in [-0.15, -0.1) is 0 Å². The van der Waals surface area contributed by atoms with Crippen LogP contribution >= 0.6 is 0 Å². The molecular formula is C19H18N4O2S. The van der Waals surface area contributed by atoms with Crippen molar-refractivity contribution < 1.29 is 15.8 Å². The van der Waals surface area contributed by atoms with Crippen LogP contribution in [0, 0.1) is 6.92 Å². The molecule has 7 heteroatoms. The Hall–Kier alpha value is -2.93. The van der Waals surface area contributed by atoms with Crippen LogP contribution in [0.3, 0.4) is 0 Å². The second kappa shape index (κ2) is 6.76. The number of fused-ring (bicyclic) bond motifs is 1. The van der Waals surface area contributed by atoms with Crippen LogP contribution < -0.4 is 4.74 Å². The first-order valence-electron chi connectivity index (χ1n) is 10.3. The number of nitrogens with one attached hydrogen (secondary N) is 1. The van der Waals surface area contributed by atoms with Gasteiger partial charge in [-0.2, -0.15) is 0 Å². The number of rotatable bonds is 5. The van der Waals surface area contributed by atoms with E-state index in [0.29, 0.717) is 11.3 Å². The minimum Gasteiger partial charge on any atom is -0.496 e. The van der Waals surface area contributed by atoms with Gasteiger partial charge in [-0.1, -0.05) is 0 Å². The van der Waals surface area contributed by atoms with E-state index in [0.717, 1.165) is 0 Å². The highest BCUT2D eigenvalue weighted by Crippen LogP contribution is 2.22. The lowest BCUT2D eigenvalue weighted by Crippen LogP contribution is -2.03. The molecule has 4 rings (SSSR count). The Morgan fingerprint density at radius 1 is 1.31 bits per heavy atom. The summed E-state index contributed by atoms with van der Waals surface area (Å²) in [6.45, 7) is 1.67. The fraction of sp³-hybridized carbons (Fsp3) is 0.158. The summed E-state index contributed by atoms with van der Waals surface area (Å²) in [4.78, 5) is 11.2. The van der Waals surface area contributed by atoms with E-state index in [1.165, 1.54) is 7.11 Å². The molecule has 1 unspecified atom stereocenters. The first-order valence-corrected chi connectivity index (χ1v) is 9.08. The van der Waals surface area contributed by atoms with Crippen LogP contribution in [0.2, 0.25) is 0 Å². The fourth-order valence-electron chi connectivity index (χ4n) is 2.51. The van der Waals surface area contributed by atoms with Gasteiger partial charge in [0.15, 0.2) is 5.16 Å². The van der Waals surface area contributed by atoms with E-state index in [9.17, 15) is 4.21 Å². The van der Waals surface area contributed by atoms with Gasteiger partial charge < -0.3 is 14.3 Å². The number of nitrogens with zero attached hydrogens (tertiary/aromatic N) is 3. The van der Waals surface area contributed by atoms with E-state index in [4.69, 9.17) is 11.6 Å². The maximum absolute atomic E-state index is 13.0. The van der Waals surface area contributed by atoms with Crippen molar-refractivity contribution in [3.63, 3.8) is 0 Å². The summed E-state index contributed by atoms with van der Waals surface area (Å²) in [6, 6.07) is 3.03. The zero-order valence-electron chi connectivity index (χ0n) is 19.1. The molecule has 0 saturated carbocycles. The molecule has 1 atom stereocenters. The molecule has 0 fully saturated rings. The minimum atomic E-state index is -1.73. The molecular weight excluding hydrogens is 348 g/mol. The van der Waals surface area contributed by atoms with Crippen molar-refractivity contribution in [2.45, 2.75) is 17.8 Å². The molecule has 3 heterocycles. The van der Waals surface area contributed by atoms with Gasteiger partial charge in [-0.25, -0.2) is 4.98 Å². The average molecular weight is 371 g/mol. The summed E-state index contributed by atoms with van der Waals surface area (Å²) < 4.78 is 60.6. The number of aromatic nitrogens is 4. The topological polar surface area (TPSA) is 72.8 Å². The molecule has 0 aliphatic heterocycles. The number of benzene rings is 1. The fourth-order valence-corrected chi connectivity index (χ4v) is 3.59. The average Bonchev–Trinajstić information content (AvgIpc) is 3.41. The maximum Gasteiger partial charge on any atom is 0.197 e. The molecule has 1 N–H and O–H groups in total. The minimum absolute atomic E-state index is 0.0223. The van der Waals surface area contributed by atoms with Crippen molar-refractivity contribution in [3.05, 3.63) is 66.1 Å². The van der Waals surface area contributed by atoms with Crippen molar-refractivity contribution in [1.29, 1.82) is 0 Å². The van der Waals surface area contributed by atoms with Gasteiger partial charge in [0.1, 0.15) is 5.75 Å². The third kappa shape index (κ3) is 3.01. The quantitative estimate of drug-likeness (QED) is 0.584. The molecule has 0 amide bonds. The molecule has 0 radical (unpaired) electrons. The molecule has 0 spiro atoms. The molecule has 0 saturated heterocycles. The summed E-state index contributed by atoms with van der Waals surface area (Å²) in [6.07, 6.45) is 3.08. The summed E-state index contributed by atoms with van der Waals surface area (Å²) in [7, 11) is -0.338. The summed E-state index contributed by atoms with van der Waals surface area (Å²) in [5.41, 5.74) is 1.40. The van der Waals surface area contributed by atoms with Crippen molar-refractivity contribution in [2.75, 3.05) is 7.11 Å². The number of imidazole rings is 1. The summed E-state index contributed by atoms with van der Waals surface area (Å²) >= 11 is 0. The van der Waals surface area contributed by atoms with E-state index < -0.39 is 10.8 Å². The van der Waals surface area contributed by atoms with Gasteiger partial charge in [0, 0.05) is 29.8 Å². The Labute approximate surface area is 160 Å². The third-order valence-corrected chi connectivity index (χ3v) is 5.07. The first kappa shape index (κ1) is 11.6. The lowest BCUT2D eigenvalue weighted by Gasteiger charge is -2.08. The highest BCUT2D eigenvalue weighted by molar-refractivity contribution is 7.84. The second-order valence-corrected chi connectivity index (χ2v) is 6.89. The molecule has 1 aromatic carbocycles. The van der Waals surface area contributed by atoms with E-state index in [-0.39, 0.29) is 63.7 Å². The third-order valence-electron chi connectivity index (χ3n) is 3.91. The van der Waals surface area contributed by atoms with E-state index in [1.54, 1.807) is 36.0 Å². The molecule has 0 bridgehead atoms.